The fourth-order valence-corrected chi connectivity index (χ4v) is 2.67. The zero-order valence-corrected chi connectivity index (χ0v) is 11.4. The van der Waals surface area contributed by atoms with E-state index in [-0.39, 0.29) is 6.04 Å². The Morgan fingerprint density at radius 1 is 1.29 bits per heavy atom. The van der Waals surface area contributed by atoms with Crippen LogP contribution in [0.4, 0.5) is 5.69 Å². The number of halogens is 1. The van der Waals surface area contributed by atoms with E-state index in [0.29, 0.717) is 0 Å². The van der Waals surface area contributed by atoms with E-state index in [4.69, 9.17) is 17.3 Å². The molecule has 0 amide bonds. The summed E-state index contributed by atoms with van der Waals surface area (Å²) in [5, 5.41) is 4.80. The standard InChI is InChI=1S/C13H15ClN2S/c1-16(2)10-3-4-11(12(14)7-10)13(15)9-5-6-17-8-9/h3-8,13H,15H2,1-2H3/t13-/m0/s1. The maximum atomic E-state index is 6.28. The third-order valence-electron chi connectivity index (χ3n) is 2.74. The van der Waals surface area contributed by atoms with E-state index in [2.05, 4.69) is 5.38 Å². The van der Waals surface area contributed by atoms with Crippen LogP contribution in [0.5, 0.6) is 0 Å². The van der Waals surface area contributed by atoms with Crippen LogP contribution < -0.4 is 10.6 Å². The fourth-order valence-electron chi connectivity index (χ4n) is 1.68. The summed E-state index contributed by atoms with van der Waals surface area (Å²) in [7, 11) is 3.98. The van der Waals surface area contributed by atoms with Crippen LogP contribution in [-0.4, -0.2) is 14.1 Å². The molecule has 2 aromatic rings. The number of rotatable bonds is 3. The lowest BCUT2D eigenvalue weighted by Gasteiger charge is -2.17. The van der Waals surface area contributed by atoms with Gasteiger partial charge >= 0.3 is 0 Å². The smallest absolute Gasteiger partial charge is 0.0574 e. The molecule has 1 atom stereocenters. The number of nitrogens with zero attached hydrogens (tertiary/aromatic N) is 1. The van der Waals surface area contributed by atoms with E-state index in [1.54, 1.807) is 11.3 Å². The molecule has 0 unspecified atom stereocenters. The highest BCUT2D eigenvalue weighted by atomic mass is 35.5. The van der Waals surface area contributed by atoms with Gasteiger partial charge in [-0.2, -0.15) is 11.3 Å². The van der Waals surface area contributed by atoms with Gasteiger partial charge in [0.05, 0.1) is 6.04 Å². The summed E-state index contributed by atoms with van der Waals surface area (Å²) < 4.78 is 0. The second kappa shape index (κ2) is 5.08. The molecular formula is C13H15ClN2S. The van der Waals surface area contributed by atoms with Gasteiger partial charge in [0, 0.05) is 24.8 Å². The van der Waals surface area contributed by atoms with Crippen LogP contribution >= 0.6 is 22.9 Å². The largest absolute Gasteiger partial charge is 0.378 e. The van der Waals surface area contributed by atoms with Crippen molar-refractivity contribution in [1.82, 2.24) is 0 Å². The molecule has 17 heavy (non-hydrogen) atoms. The van der Waals surface area contributed by atoms with Gasteiger partial charge in [-0.1, -0.05) is 17.7 Å². The van der Waals surface area contributed by atoms with Crippen molar-refractivity contribution in [3.8, 4) is 0 Å². The molecule has 0 aliphatic heterocycles. The van der Waals surface area contributed by atoms with E-state index >= 15 is 0 Å². The Labute approximate surface area is 111 Å². The SMILES string of the molecule is CN(C)c1ccc([C@@H](N)c2ccsc2)c(Cl)c1. The maximum absolute atomic E-state index is 6.28. The van der Waals surface area contributed by atoms with Gasteiger partial charge in [-0.15, -0.1) is 0 Å². The lowest BCUT2D eigenvalue weighted by Crippen LogP contribution is -2.13. The molecule has 0 bridgehead atoms. The minimum absolute atomic E-state index is 0.148. The van der Waals surface area contributed by atoms with Crippen LogP contribution in [0.2, 0.25) is 5.02 Å². The summed E-state index contributed by atoms with van der Waals surface area (Å²) in [5.74, 6) is 0. The number of hydrogen-bond acceptors (Lipinski definition) is 3. The number of thiophene rings is 1. The molecule has 2 nitrogen and oxygen atoms in total. The van der Waals surface area contributed by atoms with Crippen molar-refractivity contribution < 1.29 is 0 Å². The Morgan fingerprint density at radius 3 is 2.59 bits per heavy atom. The van der Waals surface area contributed by atoms with Crippen LogP contribution in [0.1, 0.15) is 17.2 Å². The summed E-state index contributed by atoms with van der Waals surface area (Å²) >= 11 is 7.93. The highest BCUT2D eigenvalue weighted by Crippen LogP contribution is 2.30. The first-order chi connectivity index (χ1) is 8.09. The minimum atomic E-state index is -0.148. The van der Waals surface area contributed by atoms with Crippen molar-refractivity contribution >= 4 is 28.6 Å². The Balaban J connectivity index is 2.34. The molecule has 0 aliphatic rings. The first-order valence-electron chi connectivity index (χ1n) is 5.34. The Hall–Kier alpha value is -1.03. The molecule has 1 aromatic heterocycles. The van der Waals surface area contributed by atoms with Gasteiger partial charge in [-0.05, 0) is 40.1 Å². The van der Waals surface area contributed by atoms with Gasteiger partial charge in [0.25, 0.3) is 0 Å². The highest BCUT2D eigenvalue weighted by molar-refractivity contribution is 7.08. The van der Waals surface area contributed by atoms with E-state index in [1.165, 1.54) is 0 Å². The summed E-state index contributed by atoms with van der Waals surface area (Å²) in [6.45, 7) is 0. The summed E-state index contributed by atoms with van der Waals surface area (Å²) in [6, 6.07) is 7.87. The van der Waals surface area contributed by atoms with Gasteiger partial charge in [0.15, 0.2) is 0 Å². The first-order valence-corrected chi connectivity index (χ1v) is 6.66. The molecule has 0 fully saturated rings. The molecule has 0 saturated heterocycles. The molecule has 4 heteroatoms. The fraction of sp³-hybridized carbons (Fsp3) is 0.231. The number of anilines is 1. The van der Waals surface area contributed by atoms with Crippen molar-refractivity contribution in [1.29, 1.82) is 0 Å². The first kappa shape index (κ1) is 12.4. The van der Waals surface area contributed by atoms with Gasteiger partial charge in [0.2, 0.25) is 0 Å². The number of hydrogen-bond donors (Lipinski definition) is 1. The van der Waals surface area contributed by atoms with Crippen molar-refractivity contribution in [2.24, 2.45) is 5.73 Å². The average molecular weight is 267 g/mol. The number of benzene rings is 1. The minimum Gasteiger partial charge on any atom is -0.378 e. The maximum Gasteiger partial charge on any atom is 0.0574 e. The van der Waals surface area contributed by atoms with Gasteiger partial charge in [-0.25, -0.2) is 0 Å². The van der Waals surface area contributed by atoms with Gasteiger partial charge in [-0.3, -0.25) is 0 Å². The number of nitrogens with two attached hydrogens (primary N) is 1. The Morgan fingerprint density at radius 2 is 2.06 bits per heavy atom. The Kier molecular flexibility index (Phi) is 3.72. The van der Waals surface area contributed by atoms with E-state index in [9.17, 15) is 0 Å². The summed E-state index contributed by atoms with van der Waals surface area (Å²) in [4.78, 5) is 2.02. The third kappa shape index (κ3) is 2.63. The second-order valence-corrected chi connectivity index (χ2v) is 5.32. The molecule has 1 aromatic carbocycles. The van der Waals surface area contributed by atoms with Crippen LogP contribution in [0.3, 0.4) is 0 Å². The van der Waals surface area contributed by atoms with Crippen LogP contribution in [0.25, 0.3) is 0 Å². The van der Waals surface area contributed by atoms with Gasteiger partial charge in [0.1, 0.15) is 0 Å². The lowest BCUT2D eigenvalue weighted by molar-refractivity contribution is 0.876. The van der Waals surface area contributed by atoms with E-state index < -0.39 is 0 Å². The monoisotopic (exact) mass is 266 g/mol. The van der Waals surface area contributed by atoms with Crippen LogP contribution in [0, 0.1) is 0 Å². The molecule has 2 rings (SSSR count). The zero-order valence-electron chi connectivity index (χ0n) is 9.85. The molecule has 90 valence electrons. The van der Waals surface area contributed by atoms with Crippen LogP contribution in [-0.2, 0) is 0 Å². The molecular weight excluding hydrogens is 252 g/mol. The molecule has 0 saturated carbocycles. The molecule has 0 aliphatic carbocycles. The molecule has 0 spiro atoms. The van der Waals surface area contributed by atoms with E-state index in [0.717, 1.165) is 21.8 Å². The highest BCUT2D eigenvalue weighted by Gasteiger charge is 2.13. The Bertz CT molecular complexity index is 494. The van der Waals surface area contributed by atoms with Crippen LogP contribution in [0.15, 0.2) is 35.0 Å². The summed E-state index contributed by atoms with van der Waals surface area (Å²) in [6.07, 6.45) is 0. The lowest BCUT2D eigenvalue weighted by atomic mass is 10.0. The quantitative estimate of drug-likeness (QED) is 0.921. The van der Waals surface area contributed by atoms with Crippen molar-refractivity contribution in [2.45, 2.75) is 6.04 Å². The second-order valence-electron chi connectivity index (χ2n) is 4.13. The molecule has 1 heterocycles. The third-order valence-corrected chi connectivity index (χ3v) is 3.77. The molecule has 2 N–H and O–H groups in total. The van der Waals surface area contributed by atoms with Crippen molar-refractivity contribution in [3.63, 3.8) is 0 Å². The van der Waals surface area contributed by atoms with Crippen molar-refractivity contribution in [2.75, 3.05) is 19.0 Å². The van der Waals surface area contributed by atoms with E-state index in [1.807, 2.05) is 48.6 Å². The predicted octanol–water partition coefficient (Wildman–Crippen LogP) is 3.52. The zero-order chi connectivity index (χ0) is 12.4. The topological polar surface area (TPSA) is 29.3 Å². The average Bonchev–Trinajstić information content (AvgIpc) is 2.81. The molecule has 0 radical (unpaired) electrons. The normalized spacial score (nSPS) is 12.5. The summed E-state index contributed by atoms with van der Waals surface area (Å²) in [5.41, 5.74) is 9.35. The predicted molar refractivity (Wildman–Crippen MR) is 76.1 cm³/mol. The van der Waals surface area contributed by atoms with Crippen molar-refractivity contribution in [3.05, 3.63) is 51.2 Å². The van der Waals surface area contributed by atoms with Gasteiger partial charge < -0.3 is 10.6 Å².